The van der Waals surface area contributed by atoms with Crippen molar-refractivity contribution in [2.45, 2.75) is 35.9 Å². The van der Waals surface area contributed by atoms with Crippen LogP contribution in [0.2, 0.25) is 0 Å². The number of benzene rings is 1. The Morgan fingerprint density at radius 2 is 1.91 bits per heavy atom. The van der Waals surface area contributed by atoms with Crippen molar-refractivity contribution in [3.63, 3.8) is 0 Å². The van der Waals surface area contributed by atoms with Crippen molar-refractivity contribution in [1.29, 1.82) is 0 Å². The average molecular weight is 337 g/mol. The molecule has 126 valence electrons. The van der Waals surface area contributed by atoms with Crippen molar-refractivity contribution >= 4 is 10.0 Å². The summed E-state index contributed by atoms with van der Waals surface area (Å²) in [6.45, 7) is 3.72. The van der Waals surface area contributed by atoms with Gasteiger partial charge in [0.1, 0.15) is 16.7 Å². The van der Waals surface area contributed by atoms with E-state index in [1.807, 2.05) is 6.07 Å². The van der Waals surface area contributed by atoms with Gasteiger partial charge in [-0.1, -0.05) is 12.1 Å². The number of nitrogens with one attached hydrogen (secondary N) is 1. The van der Waals surface area contributed by atoms with Gasteiger partial charge >= 0.3 is 0 Å². The fourth-order valence-electron chi connectivity index (χ4n) is 3.89. The molecule has 2 fully saturated rings. The van der Waals surface area contributed by atoms with E-state index in [9.17, 15) is 8.42 Å². The molecule has 1 N–H and O–H groups in total. The monoisotopic (exact) mass is 337 g/mol. The van der Waals surface area contributed by atoms with Gasteiger partial charge in [-0.2, -0.15) is 0 Å². The SMILES string of the molecule is CN1CCC(N2C[C@@H]3Oc4ccccc4S(=O)(=O)N[C@@H]3C2)CC1. The Hall–Kier alpha value is -1.15. The van der Waals surface area contributed by atoms with E-state index < -0.39 is 10.0 Å². The molecule has 7 heteroatoms. The smallest absolute Gasteiger partial charge is 0.244 e. The molecule has 0 unspecified atom stereocenters. The highest BCUT2D eigenvalue weighted by atomic mass is 32.2. The Morgan fingerprint density at radius 3 is 2.70 bits per heavy atom. The Labute approximate surface area is 137 Å². The highest BCUT2D eigenvalue weighted by molar-refractivity contribution is 7.89. The first-order valence-electron chi connectivity index (χ1n) is 8.23. The highest BCUT2D eigenvalue weighted by Gasteiger charge is 2.43. The maximum Gasteiger partial charge on any atom is 0.244 e. The summed E-state index contributed by atoms with van der Waals surface area (Å²) in [7, 11) is -1.35. The third-order valence-electron chi connectivity index (χ3n) is 5.22. The normalized spacial score (nSPS) is 31.9. The zero-order chi connectivity index (χ0) is 16.0. The Morgan fingerprint density at radius 1 is 1.17 bits per heavy atom. The van der Waals surface area contributed by atoms with Gasteiger partial charge in [-0.3, -0.25) is 4.90 Å². The standard InChI is InChI=1S/C16H23N3O3S/c1-18-8-6-12(7-9-18)19-10-13-15(11-19)22-14-4-2-3-5-16(14)23(20,21)17-13/h2-5,12-13,15,17H,6-11H2,1H3/t13-,15+/m1/s1. The molecular weight excluding hydrogens is 314 g/mol. The third kappa shape index (κ3) is 2.87. The largest absolute Gasteiger partial charge is 0.486 e. The molecule has 0 saturated carbocycles. The zero-order valence-electron chi connectivity index (χ0n) is 13.3. The number of rotatable bonds is 1. The second-order valence-electron chi connectivity index (χ2n) is 6.82. The van der Waals surface area contributed by atoms with Crippen molar-refractivity contribution in [1.82, 2.24) is 14.5 Å². The summed E-state index contributed by atoms with van der Waals surface area (Å²) in [5.41, 5.74) is 0. The van der Waals surface area contributed by atoms with E-state index in [1.54, 1.807) is 18.2 Å². The first-order chi connectivity index (χ1) is 11.0. The number of nitrogens with zero attached hydrogens (tertiary/aromatic N) is 2. The van der Waals surface area contributed by atoms with Gasteiger partial charge in [0.2, 0.25) is 10.0 Å². The van der Waals surface area contributed by atoms with E-state index in [4.69, 9.17) is 4.74 Å². The summed E-state index contributed by atoms with van der Waals surface area (Å²) in [5.74, 6) is 0.470. The minimum atomic E-state index is -3.51. The van der Waals surface area contributed by atoms with Crippen LogP contribution in [0.15, 0.2) is 29.2 Å². The molecule has 0 bridgehead atoms. The molecular formula is C16H23N3O3S. The zero-order valence-corrected chi connectivity index (χ0v) is 14.1. The molecule has 0 aliphatic carbocycles. The molecule has 23 heavy (non-hydrogen) atoms. The quantitative estimate of drug-likeness (QED) is 0.809. The Bertz CT molecular complexity index is 686. The second-order valence-corrected chi connectivity index (χ2v) is 8.50. The molecule has 4 rings (SSSR count). The van der Waals surface area contributed by atoms with Crippen LogP contribution in [0.4, 0.5) is 0 Å². The third-order valence-corrected chi connectivity index (χ3v) is 6.75. The molecule has 1 aromatic carbocycles. The van der Waals surface area contributed by atoms with Crippen LogP contribution in [-0.2, 0) is 10.0 Å². The number of hydrogen-bond acceptors (Lipinski definition) is 5. The lowest BCUT2D eigenvalue weighted by atomic mass is 10.0. The minimum absolute atomic E-state index is 0.118. The van der Waals surface area contributed by atoms with E-state index in [0.29, 0.717) is 11.8 Å². The Kier molecular flexibility index (Phi) is 3.84. The molecule has 6 nitrogen and oxygen atoms in total. The van der Waals surface area contributed by atoms with Crippen molar-refractivity contribution in [2.24, 2.45) is 0 Å². The van der Waals surface area contributed by atoms with Crippen LogP contribution < -0.4 is 9.46 Å². The molecule has 0 amide bonds. The summed E-state index contributed by atoms with van der Waals surface area (Å²) >= 11 is 0. The number of ether oxygens (including phenoxy) is 1. The molecule has 3 aliphatic heterocycles. The molecule has 0 spiro atoms. The van der Waals surface area contributed by atoms with E-state index in [0.717, 1.165) is 39.0 Å². The molecule has 3 aliphatic rings. The van der Waals surface area contributed by atoms with Crippen molar-refractivity contribution in [3.05, 3.63) is 24.3 Å². The summed E-state index contributed by atoms with van der Waals surface area (Å²) in [6.07, 6.45) is 2.16. The van der Waals surface area contributed by atoms with Gasteiger partial charge in [0.25, 0.3) is 0 Å². The van der Waals surface area contributed by atoms with Gasteiger partial charge in [0.05, 0.1) is 6.04 Å². The molecule has 0 aromatic heterocycles. The van der Waals surface area contributed by atoms with Gasteiger partial charge in [-0.15, -0.1) is 0 Å². The summed E-state index contributed by atoms with van der Waals surface area (Å²) in [4.78, 5) is 5.00. The maximum atomic E-state index is 12.5. The van der Waals surface area contributed by atoms with Gasteiger partial charge in [-0.25, -0.2) is 13.1 Å². The lowest BCUT2D eigenvalue weighted by Crippen LogP contribution is -2.44. The number of sulfonamides is 1. The lowest BCUT2D eigenvalue weighted by molar-refractivity contribution is 0.125. The summed E-state index contributed by atoms with van der Waals surface area (Å²) in [6, 6.07) is 7.25. The van der Waals surface area contributed by atoms with Crippen molar-refractivity contribution in [2.75, 3.05) is 33.2 Å². The summed E-state index contributed by atoms with van der Waals surface area (Å²) in [5, 5.41) is 0. The van der Waals surface area contributed by atoms with Crippen LogP contribution in [0.1, 0.15) is 12.8 Å². The number of hydrogen-bond donors (Lipinski definition) is 1. The number of para-hydroxylation sites is 1. The maximum absolute atomic E-state index is 12.5. The van der Waals surface area contributed by atoms with Crippen LogP contribution in [0.25, 0.3) is 0 Å². The number of fused-ring (bicyclic) bond motifs is 2. The van der Waals surface area contributed by atoms with E-state index >= 15 is 0 Å². The van der Waals surface area contributed by atoms with E-state index in [-0.39, 0.29) is 17.0 Å². The first kappa shape index (κ1) is 15.4. The lowest BCUT2D eigenvalue weighted by Gasteiger charge is -2.35. The first-order valence-corrected chi connectivity index (χ1v) is 9.72. The van der Waals surface area contributed by atoms with Crippen LogP contribution in [-0.4, -0.2) is 69.6 Å². The van der Waals surface area contributed by atoms with Crippen molar-refractivity contribution in [3.8, 4) is 5.75 Å². The van der Waals surface area contributed by atoms with Gasteiger partial charge < -0.3 is 9.64 Å². The van der Waals surface area contributed by atoms with Gasteiger partial charge in [-0.05, 0) is 45.1 Å². The van der Waals surface area contributed by atoms with Crippen LogP contribution in [0, 0.1) is 0 Å². The predicted octanol–water partition coefficient (Wildman–Crippen LogP) is 0.504. The Balaban J connectivity index is 1.55. The highest BCUT2D eigenvalue weighted by Crippen LogP contribution is 2.32. The molecule has 2 atom stereocenters. The molecule has 3 heterocycles. The molecule has 1 aromatic rings. The van der Waals surface area contributed by atoms with Crippen LogP contribution >= 0.6 is 0 Å². The summed E-state index contributed by atoms with van der Waals surface area (Å²) < 4.78 is 34.0. The fourth-order valence-corrected chi connectivity index (χ4v) is 5.28. The fraction of sp³-hybridized carbons (Fsp3) is 0.625. The molecule has 2 saturated heterocycles. The van der Waals surface area contributed by atoms with Gasteiger partial charge in [0, 0.05) is 19.1 Å². The minimum Gasteiger partial charge on any atom is -0.486 e. The number of likely N-dealkylation sites (tertiary alicyclic amines) is 2. The van der Waals surface area contributed by atoms with Gasteiger partial charge in [0.15, 0.2) is 0 Å². The van der Waals surface area contributed by atoms with Crippen molar-refractivity contribution < 1.29 is 13.2 Å². The van der Waals surface area contributed by atoms with E-state index in [1.165, 1.54) is 0 Å². The molecule has 0 radical (unpaired) electrons. The topological polar surface area (TPSA) is 61.9 Å². The van der Waals surface area contributed by atoms with E-state index in [2.05, 4.69) is 21.6 Å². The van der Waals surface area contributed by atoms with Crippen LogP contribution in [0.5, 0.6) is 5.75 Å². The number of piperidine rings is 1. The van der Waals surface area contributed by atoms with Crippen LogP contribution in [0.3, 0.4) is 0 Å². The second kappa shape index (κ2) is 5.73. The average Bonchev–Trinajstić information content (AvgIpc) is 2.86. The predicted molar refractivity (Wildman–Crippen MR) is 87.1 cm³/mol.